The van der Waals surface area contributed by atoms with E-state index in [2.05, 4.69) is 15.3 Å². The first-order chi connectivity index (χ1) is 15.7. The van der Waals surface area contributed by atoms with Crippen molar-refractivity contribution in [1.29, 1.82) is 0 Å². The molecule has 1 N–H and O–H groups in total. The summed E-state index contributed by atoms with van der Waals surface area (Å²) in [6.45, 7) is 0.670. The van der Waals surface area contributed by atoms with Crippen LogP contribution in [-0.2, 0) is 9.59 Å². The summed E-state index contributed by atoms with van der Waals surface area (Å²) in [5.74, 6) is 1.14. The van der Waals surface area contributed by atoms with Crippen molar-refractivity contribution in [2.75, 3.05) is 22.5 Å². The third kappa shape index (κ3) is 4.09. The molecule has 0 radical (unpaired) electrons. The molecule has 32 heavy (non-hydrogen) atoms. The van der Waals surface area contributed by atoms with Crippen LogP contribution in [0.4, 0.5) is 11.4 Å². The third-order valence-corrected chi connectivity index (χ3v) is 6.18. The minimum Gasteiger partial charge on any atom is -0.461 e. The van der Waals surface area contributed by atoms with Crippen LogP contribution in [0, 0.1) is 0 Å². The molecule has 160 valence electrons. The number of carbonyl (C=O) groups is 2. The Kier molecular flexibility index (Phi) is 5.60. The van der Waals surface area contributed by atoms with Crippen molar-refractivity contribution in [2.45, 2.75) is 17.9 Å². The van der Waals surface area contributed by atoms with Gasteiger partial charge in [-0.3, -0.25) is 9.59 Å². The highest BCUT2D eigenvalue weighted by atomic mass is 32.2. The van der Waals surface area contributed by atoms with Crippen LogP contribution in [0.15, 0.2) is 76.4 Å². The Morgan fingerprint density at radius 2 is 1.91 bits per heavy atom. The fraction of sp³-hybridized carbons (Fsp3) is 0.167. The molecular weight excluding hydrogens is 424 g/mol. The maximum Gasteiger partial charge on any atom is 0.234 e. The molecule has 0 aliphatic carbocycles. The van der Waals surface area contributed by atoms with E-state index in [0.29, 0.717) is 35.3 Å². The average Bonchev–Trinajstić information content (AvgIpc) is 3.50. The molecule has 7 nitrogen and oxygen atoms in total. The van der Waals surface area contributed by atoms with Gasteiger partial charge in [0.15, 0.2) is 11.6 Å². The third-order valence-electron chi connectivity index (χ3n) is 5.19. The molecule has 0 spiro atoms. The number of carbonyl (C=O) groups excluding carboxylic acids is 2. The van der Waals surface area contributed by atoms with Crippen LogP contribution in [0.2, 0.25) is 0 Å². The van der Waals surface area contributed by atoms with Gasteiger partial charge in [-0.15, -0.1) is 0 Å². The molecule has 3 heterocycles. The SMILES string of the molecule is O=C(CSc1nc(-c2ccco2)nc2ccccc12)Nc1ccccc1N1CCCC1=O. The van der Waals surface area contributed by atoms with Crippen molar-refractivity contribution < 1.29 is 14.0 Å². The van der Waals surface area contributed by atoms with E-state index in [1.165, 1.54) is 11.8 Å². The minimum absolute atomic E-state index is 0.0824. The lowest BCUT2D eigenvalue weighted by atomic mass is 10.2. The highest BCUT2D eigenvalue weighted by molar-refractivity contribution is 8.00. The number of benzene rings is 2. The summed E-state index contributed by atoms with van der Waals surface area (Å²) in [4.78, 5) is 35.9. The number of rotatable bonds is 6. The standard InChI is InChI=1S/C24H20N4O3S/c29-21(25-18-9-3-4-10-19(18)28-13-5-12-22(28)30)15-32-24-16-7-1-2-8-17(16)26-23(27-24)20-11-6-14-31-20/h1-4,6-11,14H,5,12-13,15H2,(H,25,29). The number of nitrogens with one attached hydrogen (secondary N) is 1. The van der Waals surface area contributed by atoms with Gasteiger partial charge in [-0.25, -0.2) is 9.97 Å². The fourth-order valence-corrected chi connectivity index (χ4v) is 4.53. The Morgan fingerprint density at radius 3 is 2.72 bits per heavy atom. The van der Waals surface area contributed by atoms with E-state index in [1.54, 1.807) is 17.2 Å². The number of anilines is 2. The molecule has 4 aromatic rings. The molecule has 2 amide bonds. The molecule has 0 bridgehead atoms. The van der Waals surface area contributed by atoms with Gasteiger partial charge < -0.3 is 14.6 Å². The summed E-state index contributed by atoms with van der Waals surface area (Å²) in [6.07, 6.45) is 2.95. The lowest BCUT2D eigenvalue weighted by Crippen LogP contribution is -2.26. The predicted octanol–water partition coefficient (Wildman–Crippen LogP) is 4.75. The van der Waals surface area contributed by atoms with Crippen molar-refractivity contribution in [3.63, 3.8) is 0 Å². The first-order valence-electron chi connectivity index (χ1n) is 10.3. The minimum atomic E-state index is -0.170. The van der Waals surface area contributed by atoms with Gasteiger partial charge in [0.2, 0.25) is 11.8 Å². The van der Waals surface area contributed by atoms with Crippen LogP contribution in [0.5, 0.6) is 0 Å². The first kappa shape index (κ1) is 20.3. The van der Waals surface area contributed by atoms with Crippen LogP contribution in [0.25, 0.3) is 22.5 Å². The quantitative estimate of drug-likeness (QED) is 0.341. The summed E-state index contributed by atoms with van der Waals surface area (Å²) in [5.41, 5.74) is 2.16. The highest BCUT2D eigenvalue weighted by Crippen LogP contribution is 2.31. The number of para-hydroxylation sites is 3. The summed E-state index contributed by atoms with van der Waals surface area (Å²) < 4.78 is 5.45. The zero-order chi connectivity index (χ0) is 21.9. The van der Waals surface area contributed by atoms with Crippen LogP contribution >= 0.6 is 11.8 Å². The summed E-state index contributed by atoms with van der Waals surface area (Å²) in [7, 11) is 0. The molecular formula is C24H20N4O3S. The van der Waals surface area contributed by atoms with Crippen LogP contribution in [-0.4, -0.2) is 34.1 Å². The second kappa shape index (κ2) is 8.84. The van der Waals surface area contributed by atoms with Crippen molar-refractivity contribution in [3.05, 3.63) is 66.9 Å². The smallest absolute Gasteiger partial charge is 0.234 e. The molecule has 8 heteroatoms. The van der Waals surface area contributed by atoms with Gasteiger partial charge in [-0.1, -0.05) is 42.1 Å². The Balaban J connectivity index is 1.36. The summed E-state index contributed by atoms with van der Waals surface area (Å²) in [6, 6.07) is 18.7. The van der Waals surface area contributed by atoms with Gasteiger partial charge in [0.25, 0.3) is 0 Å². The molecule has 5 rings (SSSR count). The fourth-order valence-electron chi connectivity index (χ4n) is 3.71. The normalized spacial score (nSPS) is 13.6. The maximum atomic E-state index is 12.8. The summed E-state index contributed by atoms with van der Waals surface area (Å²) >= 11 is 1.34. The second-order valence-corrected chi connectivity index (χ2v) is 8.31. The molecule has 1 saturated heterocycles. The van der Waals surface area contributed by atoms with Crippen molar-refractivity contribution in [2.24, 2.45) is 0 Å². The van der Waals surface area contributed by atoms with Crippen LogP contribution in [0.3, 0.4) is 0 Å². The number of hydrogen-bond acceptors (Lipinski definition) is 6. The molecule has 0 unspecified atom stereocenters. The topological polar surface area (TPSA) is 88.3 Å². The second-order valence-electron chi connectivity index (χ2n) is 7.35. The molecule has 1 aliphatic heterocycles. The maximum absolute atomic E-state index is 12.8. The van der Waals surface area contributed by atoms with E-state index in [1.807, 2.05) is 54.6 Å². The zero-order valence-corrected chi connectivity index (χ0v) is 18.0. The summed E-state index contributed by atoms with van der Waals surface area (Å²) in [5, 5.41) is 4.54. The number of thioether (sulfide) groups is 1. The van der Waals surface area contributed by atoms with Gasteiger partial charge in [0.05, 0.1) is 28.9 Å². The lowest BCUT2D eigenvalue weighted by molar-refractivity contribution is -0.117. The largest absolute Gasteiger partial charge is 0.461 e. The number of nitrogens with zero attached hydrogens (tertiary/aromatic N) is 3. The van der Waals surface area contributed by atoms with E-state index in [-0.39, 0.29) is 17.6 Å². The average molecular weight is 445 g/mol. The molecule has 2 aromatic heterocycles. The molecule has 1 fully saturated rings. The van der Waals surface area contributed by atoms with Gasteiger partial charge in [0, 0.05) is 18.4 Å². The van der Waals surface area contributed by atoms with Crippen molar-refractivity contribution >= 4 is 45.9 Å². The van der Waals surface area contributed by atoms with Crippen molar-refractivity contribution in [3.8, 4) is 11.6 Å². The predicted molar refractivity (Wildman–Crippen MR) is 125 cm³/mol. The van der Waals surface area contributed by atoms with Gasteiger partial charge in [-0.2, -0.15) is 0 Å². The van der Waals surface area contributed by atoms with Crippen molar-refractivity contribution in [1.82, 2.24) is 9.97 Å². The lowest BCUT2D eigenvalue weighted by Gasteiger charge is -2.20. The first-order valence-corrected chi connectivity index (χ1v) is 11.3. The van der Waals surface area contributed by atoms with E-state index in [0.717, 1.165) is 23.0 Å². The molecule has 0 atom stereocenters. The number of hydrogen-bond donors (Lipinski definition) is 1. The monoisotopic (exact) mass is 444 g/mol. The van der Waals surface area contributed by atoms with E-state index < -0.39 is 0 Å². The zero-order valence-electron chi connectivity index (χ0n) is 17.2. The van der Waals surface area contributed by atoms with Crippen LogP contribution < -0.4 is 10.2 Å². The van der Waals surface area contributed by atoms with E-state index >= 15 is 0 Å². The Bertz CT molecular complexity index is 1290. The number of fused-ring (bicyclic) bond motifs is 1. The van der Waals surface area contributed by atoms with Gasteiger partial charge in [-0.05, 0) is 36.8 Å². The van der Waals surface area contributed by atoms with Gasteiger partial charge in [0.1, 0.15) is 5.03 Å². The van der Waals surface area contributed by atoms with Crippen LogP contribution in [0.1, 0.15) is 12.8 Å². The Morgan fingerprint density at radius 1 is 1.06 bits per heavy atom. The Labute approximate surface area is 188 Å². The molecule has 0 saturated carbocycles. The number of furan rings is 1. The molecule has 2 aromatic carbocycles. The van der Waals surface area contributed by atoms with E-state index in [4.69, 9.17) is 4.42 Å². The Hall–Kier alpha value is -3.65. The van der Waals surface area contributed by atoms with Gasteiger partial charge >= 0.3 is 0 Å². The molecule has 1 aliphatic rings. The van der Waals surface area contributed by atoms with E-state index in [9.17, 15) is 9.59 Å². The number of amides is 2. The number of aromatic nitrogens is 2. The highest BCUT2D eigenvalue weighted by Gasteiger charge is 2.24.